The summed E-state index contributed by atoms with van der Waals surface area (Å²) >= 11 is 0. The van der Waals surface area contributed by atoms with Gasteiger partial charge in [0.15, 0.2) is 11.5 Å². The van der Waals surface area contributed by atoms with Crippen LogP contribution in [0.25, 0.3) is 0 Å². The fourth-order valence-electron chi connectivity index (χ4n) is 3.47. The lowest BCUT2D eigenvalue weighted by atomic mass is 10.1. The number of hydrogen-bond donors (Lipinski definition) is 0. The van der Waals surface area contributed by atoms with E-state index in [1.165, 1.54) is 18.9 Å². The summed E-state index contributed by atoms with van der Waals surface area (Å²) in [6.45, 7) is 9.18. The Labute approximate surface area is 180 Å². The molecule has 1 heterocycles. The smallest absolute Gasteiger partial charge is 0.331 e. The van der Waals surface area contributed by atoms with Gasteiger partial charge in [0, 0.05) is 17.5 Å². The molecule has 5 heteroatoms. The van der Waals surface area contributed by atoms with Gasteiger partial charge in [0.2, 0.25) is 0 Å². The fourth-order valence-corrected chi connectivity index (χ4v) is 3.47. The first-order valence-electron chi connectivity index (χ1n) is 10.6. The van der Waals surface area contributed by atoms with Crippen LogP contribution in [0, 0.1) is 5.92 Å². The zero-order valence-corrected chi connectivity index (χ0v) is 18.7. The molecule has 1 atom stereocenters. The quantitative estimate of drug-likeness (QED) is 0.394. The van der Waals surface area contributed by atoms with Crippen molar-refractivity contribution in [1.29, 1.82) is 0 Å². The molecule has 30 heavy (non-hydrogen) atoms. The summed E-state index contributed by atoms with van der Waals surface area (Å²) < 4.78 is 17.4. The summed E-state index contributed by atoms with van der Waals surface area (Å²) in [5.74, 6) is 1.69. The van der Waals surface area contributed by atoms with Gasteiger partial charge in [-0.25, -0.2) is 4.79 Å². The Morgan fingerprint density at radius 3 is 2.47 bits per heavy atom. The lowest BCUT2D eigenvalue weighted by Gasteiger charge is -2.32. The lowest BCUT2D eigenvalue weighted by molar-refractivity contribution is -0.144. The first kappa shape index (κ1) is 22.0. The van der Waals surface area contributed by atoms with Gasteiger partial charge in [-0.05, 0) is 70.6 Å². The molecule has 0 spiro atoms. The number of rotatable bonds is 9. The summed E-state index contributed by atoms with van der Waals surface area (Å²) in [7, 11) is 1.64. The fraction of sp³-hybridized carbons (Fsp3) is 0.480. The van der Waals surface area contributed by atoms with Crippen LogP contribution in [0.2, 0.25) is 0 Å². The van der Waals surface area contributed by atoms with Gasteiger partial charge in [0.05, 0.1) is 20.3 Å². The number of benzene rings is 1. The van der Waals surface area contributed by atoms with E-state index in [0.29, 0.717) is 30.6 Å². The minimum Gasteiger partial charge on any atom is -0.493 e. The van der Waals surface area contributed by atoms with Gasteiger partial charge in [-0.15, -0.1) is 0 Å². The number of esters is 1. The third kappa shape index (κ3) is 5.91. The topological polar surface area (TPSA) is 48.0 Å². The first-order chi connectivity index (χ1) is 14.4. The molecule has 0 amide bonds. The number of allylic oxidation sites excluding steroid dienone is 5. The van der Waals surface area contributed by atoms with Gasteiger partial charge in [0.1, 0.15) is 6.10 Å². The Morgan fingerprint density at radius 2 is 1.87 bits per heavy atom. The third-order valence-electron chi connectivity index (χ3n) is 5.42. The number of nitrogens with zero attached hydrogens (tertiary/aromatic N) is 1. The van der Waals surface area contributed by atoms with E-state index in [9.17, 15) is 4.79 Å². The zero-order chi connectivity index (χ0) is 21.7. The van der Waals surface area contributed by atoms with Crippen molar-refractivity contribution in [3.05, 3.63) is 59.0 Å². The first-order valence-corrected chi connectivity index (χ1v) is 10.6. The van der Waals surface area contributed by atoms with Gasteiger partial charge >= 0.3 is 5.97 Å². The maximum absolute atomic E-state index is 12.5. The number of ether oxygens (including phenoxy) is 3. The van der Waals surface area contributed by atoms with E-state index in [2.05, 4.69) is 30.9 Å². The van der Waals surface area contributed by atoms with Crippen LogP contribution in [-0.2, 0) is 9.53 Å². The van der Waals surface area contributed by atoms with Crippen molar-refractivity contribution in [2.45, 2.75) is 53.1 Å². The Balaban J connectivity index is 1.87. The van der Waals surface area contributed by atoms with E-state index in [0.717, 1.165) is 29.0 Å². The standard InChI is InChI=1S/C25H33NO4/c1-17(2)13-25(27)30-24(15-26-18(3)7-6-8-19(26)4)21-11-12-22(28-5)23(14-21)29-16-20-9-10-20/h7-8,11-14,20,24H,6,9-10,15-16H2,1-5H3. The number of methoxy groups -OCH3 is 1. The minimum atomic E-state index is -0.438. The van der Waals surface area contributed by atoms with Crippen molar-refractivity contribution in [3.8, 4) is 11.5 Å². The van der Waals surface area contributed by atoms with Crippen molar-refractivity contribution in [1.82, 2.24) is 4.90 Å². The molecule has 1 aliphatic heterocycles. The maximum atomic E-state index is 12.5. The van der Waals surface area contributed by atoms with Crippen molar-refractivity contribution in [3.63, 3.8) is 0 Å². The predicted octanol–water partition coefficient (Wildman–Crippen LogP) is 5.55. The van der Waals surface area contributed by atoms with E-state index in [4.69, 9.17) is 14.2 Å². The molecule has 5 nitrogen and oxygen atoms in total. The second-order valence-corrected chi connectivity index (χ2v) is 8.35. The van der Waals surface area contributed by atoms with E-state index in [1.54, 1.807) is 7.11 Å². The summed E-state index contributed by atoms with van der Waals surface area (Å²) in [5.41, 5.74) is 4.13. The average molecular weight is 412 g/mol. The maximum Gasteiger partial charge on any atom is 0.331 e. The van der Waals surface area contributed by atoms with E-state index >= 15 is 0 Å². The highest BCUT2D eigenvalue weighted by molar-refractivity contribution is 5.82. The van der Waals surface area contributed by atoms with E-state index in [1.807, 2.05) is 32.0 Å². The highest BCUT2D eigenvalue weighted by atomic mass is 16.5. The highest BCUT2D eigenvalue weighted by Crippen LogP contribution is 2.36. The Hall–Kier alpha value is -2.69. The molecule has 162 valence electrons. The Bertz CT molecular complexity index is 842. The lowest BCUT2D eigenvalue weighted by Crippen LogP contribution is -2.29. The van der Waals surface area contributed by atoms with Gasteiger partial charge in [-0.1, -0.05) is 23.8 Å². The summed E-state index contributed by atoms with van der Waals surface area (Å²) in [4.78, 5) is 14.7. The molecule has 0 saturated heterocycles. The number of carbonyl (C=O) groups excluding carboxylic acids is 1. The molecule has 1 saturated carbocycles. The van der Waals surface area contributed by atoms with Gasteiger partial charge in [-0.2, -0.15) is 0 Å². The third-order valence-corrected chi connectivity index (χ3v) is 5.42. The molecule has 0 bridgehead atoms. The molecule has 1 fully saturated rings. The van der Waals surface area contributed by atoms with Crippen LogP contribution in [0.4, 0.5) is 0 Å². The Morgan fingerprint density at radius 1 is 1.17 bits per heavy atom. The Kier molecular flexibility index (Phi) is 7.24. The normalized spacial score (nSPS) is 16.9. The summed E-state index contributed by atoms with van der Waals surface area (Å²) in [6.07, 6.45) is 8.82. The van der Waals surface area contributed by atoms with Crippen molar-refractivity contribution < 1.29 is 19.0 Å². The predicted molar refractivity (Wildman–Crippen MR) is 118 cm³/mol. The second kappa shape index (κ2) is 9.88. The largest absolute Gasteiger partial charge is 0.493 e. The number of carbonyl (C=O) groups is 1. The molecule has 1 aliphatic carbocycles. The van der Waals surface area contributed by atoms with Gasteiger partial charge < -0.3 is 19.1 Å². The molecule has 0 N–H and O–H groups in total. The number of hydrogen-bond acceptors (Lipinski definition) is 5. The van der Waals surface area contributed by atoms with Crippen LogP contribution in [0.3, 0.4) is 0 Å². The van der Waals surface area contributed by atoms with Gasteiger partial charge in [0.25, 0.3) is 0 Å². The van der Waals surface area contributed by atoms with Crippen LogP contribution in [0.15, 0.2) is 53.4 Å². The summed E-state index contributed by atoms with van der Waals surface area (Å²) in [6, 6.07) is 5.79. The molecule has 1 unspecified atom stereocenters. The molecular weight excluding hydrogens is 378 g/mol. The van der Waals surface area contributed by atoms with Crippen molar-refractivity contribution >= 4 is 5.97 Å². The average Bonchev–Trinajstić information content (AvgIpc) is 3.52. The highest BCUT2D eigenvalue weighted by Gasteiger charge is 2.25. The van der Waals surface area contributed by atoms with Crippen molar-refractivity contribution in [2.24, 2.45) is 5.92 Å². The molecule has 0 radical (unpaired) electrons. The van der Waals surface area contributed by atoms with E-state index in [-0.39, 0.29) is 5.97 Å². The van der Waals surface area contributed by atoms with Crippen molar-refractivity contribution in [2.75, 3.05) is 20.3 Å². The van der Waals surface area contributed by atoms with E-state index < -0.39 is 6.10 Å². The second-order valence-electron chi connectivity index (χ2n) is 8.35. The van der Waals surface area contributed by atoms with Crippen LogP contribution in [0.5, 0.6) is 11.5 Å². The SMILES string of the molecule is COc1ccc(C(CN2C(C)=CCC=C2C)OC(=O)C=C(C)C)cc1OCC1CC1. The molecule has 3 rings (SSSR count). The molecule has 1 aromatic carbocycles. The monoisotopic (exact) mass is 411 g/mol. The van der Waals surface area contributed by atoms with Gasteiger partial charge in [-0.3, -0.25) is 0 Å². The van der Waals surface area contributed by atoms with Crippen LogP contribution < -0.4 is 9.47 Å². The molecule has 1 aromatic rings. The zero-order valence-electron chi connectivity index (χ0n) is 18.7. The van der Waals surface area contributed by atoms with Crippen LogP contribution in [-0.4, -0.2) is 31.1 Å². The molecular formula is C25H33NO4. The molecule has 0 aromatic heterocycles. The minimum absolute atomic E-state index is 0.337. The molecule has 2 aliphatic rings. The van der Waals surface area contributed by atoms with Crippen LogP contribution >= 0.6 is 0 Å². The summed E-state index contributed by atoms with van der Waals surface area (Å²) in [5, 5.41) is 0. The van der Waals surface area contributed by atoms with Crippen LogP contribution in [0.1, 0.15) is 58.6 Å².